The normalized spacial score (nSPS) is 14.7. The van der Waals surface area contributed by atoms with Crippen LogP contribution in [0, 0.1) is 25.6 Å². The Kier molecular flexibility index (Phi) is 8.66. The molecule has 0 saturated heterocycles. The Labute approximate surface area is 207 Å². The van der Waals surface area contributed by atoms with Crippen molar-refractivity contribution in [1.82, 2.24) is 5.32 Å². The number of rotatable bonds is 6. The Morgan fingerprint density at radius 2 is 1.68 bits per heavy atom. The molecule has 0 unspecified atom stereocenters. The molecule has 2 aromatic rings. The summed E-state index contributed by atoms with van der Waals surface area (Å²) >= 11 is 3.42. The van der Waals surface area contributed by atoms with Gasteiger partial charge in [-0.05, 0) is 74.1 Å². The smallest absolute Gasteiger partial charge is 0.328 e. The maximum Gasteiger partial charge on any atom is 0.328 e. The molecule has 1 aliphatic rings. The Hall–Kier alpha value is -2.94. The largest absolute Gasteiger partial charge is 0.467 e. The third-order valence-corrected chi connectivity index (χ3v) is 6.53. The van der Waals surface area contributed by atoms with Gasteiger partial charge in [-0.25, -0.2) is 14.0 Å². The molecule has 1 aliphatic carbocycles. The molecule has 3 amide bonds. The average molecular weight is 534 g/mol. The van der Waals surface area contributed by atoms with Gasteiger partial charge in [-0.15, -0.1) is 0 Å². The van der Waals surface area contributed by atoms with Crippen molar-refractivity contribution in [3.05, 3.63) is 57.3 Å². The monoisotopic (exact) mass is 533 g/mol. The second-order valence-corrected chi connectivity index (χ2v) is 9.47. The lowest BCUT2D eigenvalue weighted by Gasteiger charge is -2.29. The van der Waals surface area contributed by atoms with Crippen LogP contribution in [0.2, 0.25) is 0 Å². The molecule has 7 nitrogen and oxygen atoms in total. The minimum atomic E-state index is -0.808. The molecule has 1 saturated carbocycles. The van der Waals surface area contributed by atoms with E-state index in [1.165, 1.54) is 13.2 Å². The first-order valence-corrected chi connectivity index (χ1v) is 12.0. The molecule has 3 N–H and O–H groups in total. The molecule has 182 valence electrons. The minimum Gasteiger partial charge on any atom is -0.467 e. The van der Waals surface area contributed by atoms with E-state index in [1.807, 2.05) is 26.0 Å². The highest BCUT2D eigenvalue weighted by molar-refractivity contribution is 9.10. The van der Waals surface area contributed by atoms with E-state index in [1.54, 1.807) is 0 Å². The van der Waals surface area contributed by atoms with Gasteiger partial charge in [-0.1, -0.05) is 35.2 Å². The van der Waals surface area contributed by atoms with Crippen LogP contribution in [0.25, 0.3) is 0 Å². The molecule has 1 atom stereocenters. The number of urea groups is 1. The third kappa shape index (κ3) is 6.34. The molecule has 0 aromatic heterocycles. The van der Waals surface area contributed by atoms with Crippen LogP contribution >= 0.6 is 15.9 Å². The Morgan fingerprint density at radius 1 is 1.03 bits per heavy atom. The lowest BCUT2D eigenvalue weighted by Crippen LogP contribution is -2.47. The fourth-order valence-corrected chi connectivity index (χ4v) is 5.06. The van der Waals surface area contributed by atoms with Crippen molar-refractivity contribution in [2.24, 2.45) is 5.92 Å². The molecule has 9 heteroatoms. The van der Waals surface area contributed by atoms with Crippen LogP contribution in [0.5, 0.6) is 0 Å². The van der Waals surface area contributed by atoms with Crippen molar-refractivity contribution in [1.29, 1.82) is 0 Å². The Morgan fingerprint density at radius 3 is 2.29 bits per heavy atom. The van der Waals surface area contributed by atoms with Crippen LogP contribution in [0.15, 0.2) is 34.8 Å². The van der Waals surface area contributed by atoms with E-state index in [0.29, 0.717) is 5.69 Å². The van der Waals surface area contributed by atoms with E-state index >= 15 is 0 Å². The van der Waals surface area contributed by atoms with Gasteiger partial charge in [-0.2, -0.15) is 0 Å². The van der Waals surface area contributed by atoms with Gasteiger partial charge >= 0.3 is 12.0 Å². The zero-order valence-corrected chi connectivity index (χ0v) is 21.1. The third-order valence-electron chi connectivity index (χ3n) is 6.07. The predicted molar refractivity (Wildman–Crippen MR) is 133 cm³/mol. The molecular weight excluding hydrogens is 505 g/mol. The van der Waals surface area contributed by atoms with Gasteiger partial charge < -0.3 is 20.7 Å². The number of halogens is 2. The number of hydrogen-bond acceptors (Lipinski definition) is 4. The van der Waals surface area contributed by atoms with Crippen LogP contribution in [0.4, 0.5) is 20.6 Å². The van der Waals surface area contributed by atoms with Crippen LogP contribution in [-0.4, -0.2) is 31.1 Å². The van der Waals surface area contributed by atoms with Gasteiger partial charge in [0.1, 0.15) is 11.9 Å². The summed E-state index contributed by atoms with van der Waals surface area (Å²) in [5.41, 5.74) is 2.34. The van der Waals surface area contributed by atoms with Crippen molar-refractivity contribution in [3.8, 4) is 0 Å². The number of ether oxygens (including phenoxy) is 1. The zero-order chi connectivity index (χ0) is 24.8. The van der Waals surface area contributed by atoms with E-state index in [0.717, 1.165) is 59.8 Å². The van der Waals surface area contributed by atoms with Crippen LogP contribution in [0.1, 0.15) is 53.6 Å². The van der Waals surface area contributed by atoms with Crippen LogP contribution in [0.3, 0.4) is 0 Å². The topological polar surface area (TPSA) is 96.5 Å². The second kappa shape index (κ2) is 11.5. The van der Waals surface area contributed by atoms with E-state index in [4.69, 9.17) is 4.74 Å². The van der Waals surface area contributed by atoms with Gasteiger partial charge in [-0.3, -0.25) is 4.79 Å². The maximum absolute atomic E-state index is 14.0. The first-order valence-electron chi connectivity index (χ1n) is 11.2. The molecule has 0 radical (unpaired) electrons. The van der Waals surface area contributed by atoms with Crippen LogP contribution < -0.4 is 16.0 Å². The van der Waals surface area contributed by atoms with E-state index < -0.39 is 29.8 Å². The molecule has 3 rings (SSSR count). The molecule has 0 aliphatic heterocycles. The standard InChI is InChI=1S/C25H29BrFN3O4/c1-14-11-17(26)12-15(2)21(14)30-25(33)28-20-13-18(27)9-10-19(20)23(31)29-22(24(32)34-3)16-7-5-4-6-8-16/h9-13,16,22H,4-8H2,1-3H3,(H,29,31)(H2,28,30,33)/t22-/m0/s1. The number of carbonyl (C=O) groups excluding carboxylic acids is 3. The predicted octanol–water partition coefficient (Wildman–Crippen LogP) is 5.70. The van der Waals surface area contributed by atoms with Crippen LogP contribution in [-0.2, 0) is 9.53 Å². The van der Waals surface area contributed by atoms with Crippen molar-refractivity contribution < 1.29 is 23.5 Å². The van der Waals surface area contributed by atoms with E-state index in [9.17, 15) is 18.8 Å². The summed E-state index contributed by atoms with van der Waals surface area (Å²) < 4.78 is 19.8. The summed E-state index contributed by atoms with van der Waals surface area (Å²) in [6.07, 6.45) is 4.67. The molecule has 34 heavy (non-hydrogen) atoms. The van der Waals surface area contributed by atoms with Crippen molar-refractivity contribution in [3.63, 3.8) is 0 Å². The summed E-state index contributed by atoms with van der Waals surface area (Å²) in [5.74, 6) is -1.75. The molecule has 0 spiro atoms. The first kappa shape index (κ1) is 25.7. The van der Waals surface area contributed by atoms with Crippen molar-refractivity contribution >= 4 is 45.2 Å². The highest BCUT2D eigenvalue weighted by Gasteiger charge is 2.32. The fraction of sp³-hybridized carbons (Fsp3) is 0.400. The number of hydrogen-bond donors (Lipinski definition) is 3. The number of esters is 1. The number of aryl methyl sites for hydroxylation is 2. The summed E-state index contributed by atoms with van der Waals surface area (Å²) in [7, 11) is 1.28. The first-order chi connectivity index (χ1) is 16.2. The number of methoxy groups -OCH3 is 1. The van der Waals surface area contributed by atoms with E-state index in [-0.39, 0.29) is 17.2 Å². The number of anilines is 2. The molecule has 0 heterocycles. The minimum absolute atomic E-state index is 0.00493. The lowest BCUT2D eigenvalue weighted by molar-refractivity contribution is -0.144. The fourth-order valence-electron chi connectivity index (χ4n) is 4.38. The molecule has 1 fully saturated rings. The van der Waals surface area contributed by atoms with Gasteiger partial charge in [0, 0.05) is 10.2 Å². The number of carbonyl (C=O) groups is 3. The van der Waals surface area contributed by atoms with Crippen molar-refractivity contribution in [2.75, 3.05) is 17.7 Å². The maximum atomic E-state index is 14.0. The summed E-state index contributed by atoms with van der Waals surface area (Å²) in [6.45, 7) is 3.71. The molecule has 2 aromatic carbocycles. The van der Waals surface area contributed by atoms with Crippen molar-refractivity contribution in [2.45, 2.75) is 52.0 Å². The lowest BCUT2D eigenvalue weighted by atomic mass is 9.83. The van der Waals surface area contributed by atoms with Gasteiger partial charge in [0.15, 0.2) is 0 Å². The summed E-state index contributed by atoms with van der Waals surface area (Å²) in [5, 5.41) is 8.08. The number of nitrogens with one attached hydrogen (secondary N) is 3. The van der Waals surface area contributed by atoms with Gasteiger partial charge in [0.25, 0.3) is 5.91 Å². The summed E-state index contributed by atoms with van der Waals surface area (Å²) in [6, 6.07) is 5.79. The average Bonchev–Trinajstić information content (AvgIpc) is 2.80. The van der Waals surface area contributed by atoms with E-state index in [2.05, 4.69) is 31.9 Å². The highest BCUT2D eigenvalue weighted by atomic mass is 79.9. The molecular formula is C25H29BrFN3O4. The Bertz CT molecular complexity index is 1060. The Balaban J connectivity index is 1.80. The summed E-state index contributed by atoms with van der Waals surface area (Å²) in [4.78, 5) is 38.2. The SMILES string of the molecule is COC(=O)[C@@H](NC(=O)c1ccc(F)cc1NC(=O)Nc1c(C)cc(Br)cc1C)C1CCCCC1. The number of amides is 3. The quantitative estimate of drug-likeness (QED) is 0.415. The zero-order valence-electron chi connectivity index (χ0n) is 19.5. The molecule has 0 bridgehead atoms. The second-order valence-electron chi connectivity index (χ2n) is 8.56. The number of benzene rings is 2. The van der Waals surface area contributed by atoms with Gasteiger partial charge in [0.2, 0.25) is 0 Å². The highest BCUT2D eigenvalue weighted by Crippen LogP contribution is 2.28. The van der Waals surface area contributed by atoms with Gasteiger partial charge in [0.05, 0.1) is 18.4 Å².